The molecule has 0 bridgehead atoms. The molecule has 1 amide bonds. The van der Waals surface area contributed by atoms with Crippen molar-refractivity contribution in [2.24, 2.45) is 5.92 Å². The van der Waals surface area contributed by atoms with Crippen LogP contribution in [0.1, 0.15) is 28.8 Å². The van der Waals surface area contributed by atoms with Gasteiger partial charge < -0.3 is 10.0 Å². The van der Waals surface area contributed by atoms with E-state index in [1.54, 1.807) is 23.1 Å². The van der Waals surface area contributed by atoms with E-state index in [-0.39, 0.29) is 12.5 Å². The molecule has 19 heavy (non-hydrogen) atoms. The van der Waals surface area contributed by atoms with Gasteiger partial charge in [0.2, 0.25) is 0 Å². The topological polar surface area (TPSA) is 57.6 Å². The molecular weight excluding hydrogens is 266 g/mol. The zero-order valence-corrected chi connectivity index (χ0v) is 11.5. The molecule has 1 N–H and O–H groups in total. The predicted molar refractivity (Wildman–Crippen MR) is 72.5 cm³/mol. The number of aryl methyl sites for hydroxylation is 1. The highest BCUT2D eigenvalue weighted by atomic mass is 35.5. The first-order valence-electron chi connectivity index (χ1n) is 6.27. The minimum absolute atomic E-state index is 0.120. The van der Waals surface area contributed by atoms with Crippen LogP contribution in [0.5, 0.6) is 0 Å². The van der Waals surface area contributed by atoms with Gasteiger partial charge in [-0.2, -0.15) is 0 Å². The summed E-state index contributed by atoms with van der Waals surface area (Å²) >= 11 is 5.93. The van der Waals surface area contributed by atoms with Gasteiger partial charge in [-0.05, 0) is 43.5 Å². The summed E-state index contributed by atoms with van der Waals surface area (Å²) < 4.78 is 0. The maximum absolute atomic E-state index is 12.3. The molecule has 1 fully saturated rings. The molecule has 1 aromatic rings. The molecule has 0 aromatic heterocycles. The lowest BCUT2D eigenvalue weighted by atomic mass is 9.97. The normalized spacial score (nSPS) is 19.3. The van der Waals surface area contributed by atoms with Crippen LogP contribution in [0.2, 0.25) is 5.02 Å². The number of rotatable bonds is 2. The number of nitrogens with zero attached hydrogens (tertiary/aromatic N) is 1. The van der Waals surface area contributed by atoms with Crippen LogP contribution >= 0.6 is 11.6 Å². The fourth-order valence-electron chi connectivity index (χ4n) is 2.32. The minimum atomic E-state index is -0.829. The average Bonchev–Trinajstić information content (AvgIpc) is 2.41. The van der Waals surface area contributed by atoms with Crippen molar-refractivity contribution < 1.29 is 14.7 Å². The molecule has 1 atom stereocenters. The fraction of sp³-hybridized carbons (Fsp3) is 0.429. The van der Waals surface area contributed by atoms with Crippen LogP contribution in [-0.2, 0) is 4.79 Å². The molecule has 1 heterocycles. The molecule has 0 spiro atoms. The van der Waals surface area contributed by atoms with Crippen molar-refractivity contribution in [1.29, 1.82) is 0 Å². The Bertz CT molecular complexity index is 515. The molecule has 5 heteroatoms. The van der Waals surface area contributed by atoms with Crippen molar-refractivity contribution >= 4 is 23.5 Å². The van der Waals surface area contributed by atoms with Crippen LogP contribution in [0.3, 0.4) is 0 Å². The van der Waals surface area contributed by atoms with Crippen molar-refractivity contribution in [2.75, 3.05) is 13.1 Å². The number of carboxylic acids is 1. The zero-order valence-electron chi connectivity index (χ0n) is 10.7. The van der Waals surface area contributed by atoms with Gasteiger partial charge >= 0.3 is 5.97 Å². The number of carboxylic acid groups (broad SMARTS) is 1. The van der Waals surface area contributed by atoms with Crippen molar-refractivity contribution in [3.8, 4) is 0 Å². The standard InChI is InChI=1S/C14H16ClNO3/c1-9-7-10(4-5-12(9)15)13(17)16-6-2-3-11(8-16)14(18)19/h4-5,7,11H,2-3,6,8H2,1H3,(H,18,19)/t11-/m0/s1. The fourth-order valence-corrected chi connectivity index (χ4v) is 2.44. The average molecular weight is 282 g/mol. The summed E-state index contributed by atoms with van der Waals surface area (Å²) in [4.78, 5) is 24.9. The van der Waals surface area contributed by atoms with Crippen LogP contribution in [-0.4, -0.2) is 35.0 Å². The number of benzene rings is 1. The van der Waals surface area contributed by atoms with Gasteiger partial charge in [-0.25, -0.2) is 0 Å². The lowest BCUT2D eigenvalue weighted by molar-refractivity contribution is -0.143. The summed E-state index contributed by atoms with van der Waals surface area (Å²) in [5.74, 6) is -1.40. The molecule has 2 rings (SSSR count). The van der Waals surface area contributed by atoms with E-state index in [4.69, 9.17) is 16.7 Å². The van der Waals surface area contributed by atoms with Gasteiger partial charge in [-0.15, -0.1) is 0 Å². The summed E-state index contributed by atoms with van der Waals surface area (Å²) in [5, 5.41) is 9.66. The highest BCUT2D eigenvalue weighted by Gasteiger charge is 2.28. The summed E-state index contributed by atoms with van der Waals surface area (Å²) in [6.07, 6.45) is 1.37. The SMILES string of the molecule is Cc1cc(C(=O)N2CCC[C@H](C(=O)O)C2)ccc1Cl. The number of halogens is 1. The van der Waals surface area contributed by atoms with Crippen LogP contribution in [0, 0.1) is 12.8 Å². The number of hydrogen-bond donors (Lipinski definition) is 1. The maximum Gasteiger partial charge on any atom is 0.308 e. The van der Waals surface area contributed by atoms with E-state index in [0.717, 1.165) is 12.0 Å². The molecular formula is C14H16ClNO3. The summed E-state index contributed by atoms with van der Waals surface area (Å²) in [5.41, 5.74) is 1.41. The summed E-state index contributed by atoms with van der Waals surface area (Å²) in [6, 6.07) is 5.12. The molecule has 0 saturated carbocycles. The first-order chi connectivity index (χ1) is 8.99. The van der Waals surface area contributed by atoms with E-state index >= 15 is 0 Å². The Morgan fingerprint density at radius 2 is 2.16 bits per heavy atom. The van der Waals surface area contributed by atoms with Crippen LogP contribution in [0.25, 0.3) is 0 Å². The molecule has 1 aromatic carbocycles. The molecule has 0 aliphatic carbocycles. The number of hydrogen-bond acceptors (Lipinski definition) is 2. The number of carbonyl (C=O) groups excluding carboxylic acids is 1. The highest BCUT2D eigenvalue weighted by molar-refractivity contribution is 6.31. The molecule has 1 aliphatic heterocycles. The van der Waals surface area contributed by atoms with Gasteiger partial charge in [-0.1, -0.05) is 11.6 Å². The third-order valence-corrected chi connectivity index (χ3v) is 3.89. The van der Waals surface area contributed by atoms with Gasteiger partial charge in [-0.3, -0.25) is 9.59 Å². The Hall–Kier alpha value is -1.55. The van der Waals surface area contributed by atoms with Crippen LogP contribution < -0.4 is 0 Å². The van der Waals surface area contributed by atoms with Gasteiger partial charge in [0.1, 0.15) is 0 Å². The van der Waals surface area contributed by atoms with E-state index in [1.165, 1.54) is 0 Å². The lowest BCUT2D eigenvalue weighted by Crippen LogP contribution is -2.42. The van der Waals surface area contributed by atoms with Crippen LogP contribution in [0.4, 0.5) is 0 Å². The van der Waals surface area contributed by atoms with E-state index in [9.17, 15) is 9.59 Å². The first-order valence-corrected chi connectivity index (χ1v) is 6.65. The Balaban J connectivity index is 2.14. The maximum atomic E-state index is 12.3. The van der Waals surface area contributed by atoms with Crippen LogP contribution in [0.15, 0.2) is 18.2 Å². The van der Waals surface area contributed by atoms with E-state index < -0.39 is 11.9 Å². The molecule has 1 aliphatic rings. The molecule has 0 unspecified atom stereocenters. The Labute approximate surface area is 117 Å². The zero-order chi connectivity index (χ0) is 14.0. The summed E-state index contributed by atoms with van der Waals surface area (Å²) in [6.45, 7) is 2.75. The van der Waals surface area contributed by atoms with E-state index in [1.807, 2.05) is 6.92 Å². The van der Waals surface area contributed by atoms with Crippen molar-refractivity contribution in [3.05, 3.63) is 34.3 Å². The van der Waals surface area contributed by atoms with Crippen molar-refractivity contribution in [1.82, 2.24) is 4.90 Å². The summed E-state index contributed by atoms with van der Waals surface area (Å²) in [7, 11) is 0. The predicted octanol–water partition coefficient (Wildman–Crippen LogP) is 2.59. The van der Waals surface area contributed by atoms with E-state index in [2.05, 4.69) is 0 Å². The molecule has 4 nitrogen and oxygen atoms in total. The lowest BCUT2D eigenvalue weighted by Gasteiger charge is -2.30. The number of amides is 1. The Morgan fingerprint density at radius 3 is 2.79 bits per heavy atom. The minimum Gasteiger partial charge on any atom is -0.481 e. The van der Waals surface area contributed by atoms with E-state index in [0.29, 0.717) is 23.6 Å². The van der Waals surface area contributed by atoms with Gasteiger partial charge in [0, 0.05) is 23.7 Å². The Morgan fingerprint density at radius 1 is 1.42 bits per heavy atom. The number of aliphatic carboxylic acids is 1. The Kier molecular flexibility index (Phi) is 4.10. The first kappa shape index (κ1) is 13.9. The third kappa shape index (κ3) is 3.07. The van der Waals surface area contributed by atoms with Crippen molar-refractivity contribution in [2.45, 2.75) is 19.8 Å². The van der Waals surface area contributed by atoms with Crippen molar-refractivity contribution in [3.63, 3.8) is 0 Å². The van der Waals surface area contributed by atoms with Gasteiger partial charge in [0.05, 0.1) is 5.92 Å². The monoisotopic (exact) mass is 281 g/mol. The molecule has 102 valence electrons. The number of likely N-dealkylation sites (tertiary alicyclic amines) is 1. The largest absolute Gasteiger partial charge is 0.481 e. The molecule has 0 radical (unpaired) electrons. The highest BCUT2D eigenvalue weighted by Crippen LogP contribution is 2.21. The quantitative estimate of drug-likeness (QED) is 0.906. The second kappa shape index (κ2) is 5.61. The smallest absolute Gasteiger partial charge is 0.308 e. The third-order valence-electron chi connectivity index (χ3n) is 3.46. The second-order valence-corrected chi connectivity index (χ2v) is 5.30. The molecule has 1 saturated heterocycles. The van der Waals surface area contributed by atoms with Gasteiger partial charge in [0.25, 0.3) is 5.91 Å². The second-order valence-electron chi connectivity index (χ2n) is 4.89. The number of piperidine rings is 1. The van der Waals surface area contributed by atoms with Gasteiger partial charge in [0.15, 0.2) is 0 Å². The number of carbonyl (C=O) groups is 2.